The number of amides is 1. The minimum Gasteiger partial charge on any atom is -0.496 e. The van der Waals surface area contributed by atoms with Gasteiger partial charge in [-0.05, 0) is 26.2 Å². The fourth-order valence-corrected chi connectivity index (χ4v) is 3.91. The molecular formula is C21H25N3O4S. The van der Waals surface area contributed by atoms with Crippen LogP contribution in [0, 0.1) is 0 Å². The molecule has 0 aliphatic carbocycles. The van der Waals surface area contributed by atoms with Crippen molar-refractivity contribution in [1.29, 1.82) is 0 Å². The zero-order valence-electron chi connectivity index (χ0n) is 17.3. The fraction of sp³-hybridized carbons (Fsp3) is 0.333. The average Bonchev–Trinajstić information content (AvgIpc) is 3.14. The first kappa shape index (κ1) is 20.9. The van der Waals surface area contributed by atoms with E-state index >= 15 is 0 Å². The Morgan fingerprint density at radius 1 is 0.966 bits per heavy atom. The average molecular weight is 416 g/mol. The number of anilines is 1. The normalized spacial score (nSPS) is 11.0. The second-order valence-corrected chi connectivity index (χ2v) is 7.64. The molecule has 0 radical (unpaired) electrons. The number of methoxy groups -OCH3 is 3. The van der Waals surface area contributed by atoms with E-state index < -0.39 is 0 Å². The van der Waals surface area contributed by atoms with Gasteiger partial charge in [0.2, 0.25) is 0 Å². The summed E-state index contributed by atoms with van der Waals surface area (Å²) < 4.78 is 17.1. The molecule has 8 heteroatoms. The van der Waals surface area contributed by atoms with Gasteiger partial charge in [0.05, 0.1) is 37.1 Å². The van der Waals surface area contributed by atoms with E-state index in [1.807, 2.05) is 43.3 Å². The molecule has 29 heavy (non-hydrogen) atoms. The zero-order chi connectivity index (χ0) is 21.0. The molecule has 154 valence electrons. The number of aromatic nitrogens is 1. The van der Waals surface area contributed by atoms with Gasteiger partial charge in [-0.2, -0.15) is 0 Å². The minimum absolute atomic E-state index is 0.151. The first-order valence-electron chi connectivity index (χ1n) is 9.10. The standard InChI is InChI=1S/C21H25N3O4S/c1-23(2)10-11-24(20(25)14-8-6-7-9-16(14)26-3)21-22-15-12-17(27-4)18(28-5)13-19(15)29-21/h6-9,12-13H,10-11H2,1-5H3. The van der Waals surface area contributed by atoms with Crippen molar-refractivity contribution in [3.63, 3.8) is 0 Å². The van der Waals surface area contributed by atoms with Gasteiger partial charge >= 0.3 is 0 Å². The van der Waals surface area contributed by atoms with Crippen molar-refractivity contribution in [2.45, 2.75) is 0 Å². The lowest BCUT2D eigenvalue weighted by Crippen LogP contribution is -2.36. The van der Waals surface area contributed by atoms with E-state index in [2.05, 4.69) is 0 Å². The minimum atomic E-state index is -0.151. The van der Waals surface area contributed by atoms with E-state index in [0.717, 1.165) is 10.2 Å². The second kappa shape index (κ2) is 9.11. The van der Waals surface area contributed by atoms with E-state index in [4.69, 9.17) is 19.2 Å². The summed E-state index contributed by atoms with van der Waals surface area (Å²) >= 11 is 1.44. The van der Waals surface area contributed by atoms with Crippen LogP contribution in [-0.2, 0) is 0 Å². The Balaban J connectivity index is 2.05. The SMILES string of the molecule is COc1cc2nc(N(CCN(C)C)C(=O)c3ccccc3OC)sc2cc1OC. The van der Waals surface area contributed by atoms with Gasteiger partial charge in [0.25, 0.3) is 5.91 Å². The summed E-state index contributed by atoms with van der Waals surface area (Å²) in [5.41, 5.74) is 1.26. The van der Waals surface area contributed by atoms with E-state index in [1.165, 1.54) is 11.3 Å². The van der Waals surface area contributed by atoms with Gasteiger partial charge in [-0.25, -0.2) is 4.98 Å². The molecule has 0 fully saturated rings. The molecule has 0 saturated heterocycles. The quantitative estimate of drug-likeness (QED) is 0.561. The van der Waals surface area contributed by atoms with E-state index in [0.29, 0.717) is 41.0 Å². The lowest BCUT2D eigenvalue weighted by Gasteiger charge is -2.22. The second-order valence-electron chi connectivity index (χ2n) is 6.63. The summed E-state index contributed by atoms with van der Waals surface area (Å²) in [6, 6.07) is 10.9. The molecule has 7 nitrogen and oxygen atoms in total. The topological polar surface area (TPSA) is 64.1 Å². The van der Waals surface area contributed by atoms with Gasteiger partial charge in [-0.15, -0.1) is 0 Å². The van der Waals surface area contributed by atoms with E-state index in [1.54, 1.807) is 38.4 Å². The molecule has 1 aromatic heterocycles. The van der Waals surface area contributed by atoms with Crippen LogP contribution in [0.5, 0.6) is 17.2 Å². The van der Waals surface area contributed by atoms with E-state index in [9.17, 15) is 4.79 Å². The number of carbonyl (C=O) groups excluding carboxylic acids is 1. The van der Waals surface area contributed by atoms with Crippen molar-refractivity contribution < 1.29 is 19.0 Å². The molecule has 0 aliphatic rings. The highest BCUT2D eigenvalue weighted by Gasteiger charge is 2.24. The molecule has 3 aromatic rings. The number of fused-ring (bicyclic) bond motifs is 1. The molecule has 3 rings (SSSR count). The maximum absolute atomic E-state index is 13.4. The summed E-state index contributed by atoms with van der Waals surface area (Å²) in [6.45, 7) is 1.20. The van der Waals surface area contributed by atoms with Crippen LogP contribution in [-0.4, -0.2) is 64.3 Å². The Hall–Kier alpha value is -2.84. The van der Waals surface area contributed by atoms with Gasteiger partial charge in [0.15, 0.2) is 16.6 Å². The molecule has 0 bridgehead atoms. The maximum atomic E-state index is 13.4. The smallest absolute Gasteiger partial charge is 0.263 e. The van der Waals surface area contributed by atoms with Crippen molar-refractivity contribution in [3.8, 4) is 17.2 Å². The van der Waals surface area contributed by atoms with Crippen LogP contribution in [0.1, 0.15) is 10.4 Å². The van der Waals surface area contributed by atoms with E-state index in [-0.39, 0.29) is 5.91 Å². The third kappa shape index (κ3) is 4.44. The van der Waals surface area contributed by atoms with Gasteiger partial charge in [-0.1, -0.05) is 23.5 Å². The summed E-state index contributed by atoms with van der Waals surface area (Å²) in [7, 11) is 8.69. The highest BCUT2D eigenvalue weighted by molar-refractivity contribution is 7.22. The first-order valence-corrected chi connectivity index (χ1v) is 9.92. The van der Waals surface area contributed by atoms with Crippen molar-refractivity contribution in [2.24, 2.45) is 0 Å². The molecule has 1 heterocycles. The third-order valence-electron chi connectivity index (χ3n) is 4.47. The van der Waals surface area contributed by atoms with Crippen LogP contribution < -0.4 is 19.1 Å². The van der Waals surface area contributed by atoms with Crippen LogP contribution in [0.25, 0.3) is 10.2 Å². The Labute approximate surface area is 174 Å². The van der Waals surface area contributed by atoms with Crippen LogP contribution in [0.15, 0.2) is 36.4 Å². The molecule has 0 atom stereocenters. The lowest BCUT2D eigenvalue weighted by molar-refractivity contribution is 0.0982. The van der Waals surface area contributed by atoms with Gasteiger partial charge in [0.1, 0.15) is 5.75 Å². The number of nitrogens with zero attached hydrogens (tertiary/aromatic N) is 3. The largest absolute Gasteiger partial charge is 0.496 e. The molecule has 0 saturated carbocycles. The van der Waals surface area contributed by atoms with Crippen LogP contribution in [0.2, 0.25) is 0 Å². The molecule has 0 N–H and O–H groups in total. The molecule has 0 unspecified atom stereocenters. The summed E-state index contributed by atoms with van der Waals surface area (Å²) in [6.07, 6.45) is 0. The Morgan fingerprint density at radius 3 is 2.28 bits per heavy atom. The first-order chi connectivity index (χ1) is 14.0. The number of rotatable bonds is 8. The summed E-state index contributed by atoms with van der Waals surface area (Å²) in [5.74, 6) is 1.62. The zero-order valence-corrected chi connectivity index (χ0v) is 18.1. The lowest BCUT2D eigenvalue weighted by atomic mass is 10.1. The Morgan fingerprint density at radius 2 is 1.62 bits per heavy atom. The monoisotopic (exact) mass is 415 g/mol. The third-order valence-corrected chi connectivity index (χ3v) is 5.51. The molecule has 0 spiro atoms. The fourth-order valence-electron chi connectivity index (χ4n) is 2.91. The number of para-hydroxylation sites is 1. The predicted molar refractivity (Wildman–Crippen MR) is 116 cm³/mol. The van der Waals surface area contributed by atoms with Gasteiger partial charge in [-0.3, -0.25) is 9.69 Å². The van der Waals surface area contributed by atoms with Crippen molar-refractivity contribution in [2.75, 3.05) is 53.4 Å². The number of hydrogen-bond acceptors (Lipinski definition) is 7. The van der Waals surface area contributed by atoms with Crippen LogP contribution in [0.3, 0.4) is 0 Å². The van der Waals surface area contributed by atoms with Gasteiger partial charge < -0.3 is 19.1 Å². The number of hydrogen-bond donors (Lipinski definition) is 0. The number of likely N-dealkylation sites (N-methyl/N-ethyl adjacent to an activating group) is 1. The number of ether oxygens (including phenoxy) is 3. The Kier molecular flexibility index (Phi) is 6.56. The van der Waals surface area contributed by atoms with Crippen molar-refractivity contribution >= 4 is 32.6 Å². The molecule has 0 aliphatic heterocycles. The Bertz CT molecular complexity index is 962. The number of carbonyl (C=O) groups is 1. The van der Waals surface area contributed by atoms with Crippen LogP contribution >= 0.6 is 11.3 Å². The summed E-state index contributed by atoms with van der Waals surface area (Å²) in [4.78, 5) is 21.8. The summed E-state index contributed by atoms with van der Waals surface area (Å²) in [5, 5.41) is 0.619. The predicted octanol–water partition coefficient (Wildman–Crippen LogP) is 3.53. The van der Waals surface area contributed by atoms with Crippen molar-refractivity contribution in [1.82, 2.24) is 9.88 Å². The number of benzene rings is 2. The van der Waals surface area contributed by atoms with Crippen LogP contribution in [0.4, 0.5) is 5.13 Å². The number of thiazole rings is 1. The molecular weight excluding hydrogens is 390 g/mol. The van der Waals surface area contributed by atoms with Crippen molar-refractivity contribution in [3.05, 3.63) is 42.0 Å². The highest BCUT2D eigenvalue weighted by Crippen LogP contribution is 2.37. The molecule has 2 aromatic carbocycles. The highest BCUT2D eigenvalue weighted by atomic mass is 32.1. The maximum Gasteiger partial charge on any atom is 0.263 e. The molecule has 1 amide bonds. The van der Waals surface area contributed by atoms with Gasteiger partial charge in [0, 0.05) is 25.2 Å².